The van der Waals surface area contributed by atoms with Crippen molar-refractivity contribution in [2.75, 3.05) is 19.4 Å². The number of aromatic amines is 1. The van der Waals surface area contributed by atoms with Gasteiger partial charge in [-0.25, -0.2) is 9.78 Å². The van der Waals surface area contributed by atoms with Crippen LogP contribution in [0.1, 0.15) is 24.4 Å². The number of urea groups is 1. The summed E-state index contributed by atoms with van der Waals surface area (Å²) in [6, 6.07) is 7.35. The summed E-state index contributed by atoms with van der Waals surface area (Å²) in [6.07, 6.45) is 0. The van der Waals surface area contributed by atoms with E-state index in [2.05, 4.69) is 25.8 Å². The van der Waals surface area contributed by atoms with Gasteiger partial charge in [-0.15, -0.1) is 5.10 Å². The Morgan fingerprint density at radius 1 is 1.39 bits per heavy atom. The second-order valence-corrected chi connectivity index (χ2v) is 6.01. The third-order valence-corrected chi connectivity index (χ3v) is 4.01. The first kappa shape index (κ1) is 17.1. The van der Waals surface area contributed by atoms with Gasteiger partial charge in [0, 0.05) is 12.3 Å². The lowest BCUT2D eigenvalue weighted by Gasteiger charge is -2.15. The van der Waals surface area contributed by atoms with Crippen LogP contribution < -0.4 is 15.4 Å². The van der Waals surface area contributed by atoms with Gasteiger partial charge in [0.1, 0.15) is 11.6 Å². The number of nitrogens with one attached hydrogen (secondary N) is 3. The van der Waals surface area contributed by atoms with E-state index in [1.165, 1.54) is 11.8 Å². The van der Waals surface area contributed by atoms with Crippen LogP contribution >= 0.6 is 11.8 Å². The van der Waals surface area contributed by atoms with E-state index in [1.54, 1.807) is 7.11 Å². The number of H-pyrrole nitrogens is 1. The van der Waals surface area contributed by atoms with Crippen LogP contribution in [0.4, 0.5) is 4.79 Å². The molecule has 1 aromatic heterocycles. The minimum absolute atomic E-state index is 0.0794. The van der Waals surface area contributed by atoms with E-state index >= 15 is 0 Å². The van der Waals surface area contributed by atoms with Crippen LogP contribution in [0.2, 0.25) is 0 Å². The number of hydrogen-bond acceptors (Lipinski definition) is 5. The van der Waals surface area contributed by atoms with Crippen LogP contribution in [0, 0.1) is 6.92 Å². The zero-order valence-corrected chi connectivity index (χ0v) is 14.2. The van der Waals surface area contributed by atoms with E-state index in [1.807, 2.05) is 38.1 Å². The predicted molar refractivity (Wildman–Crippen MR) is 89.8 cm³/mol. The molecule has 1 aromatic carbocycles. The van der Waals surface area contributed by atoms with Gasteiger partial charge in [0.2, 0.25) is 5.16 Å². The average molecular weight is 335 g/mol. The van der Waals surface area contributed by atoms with Crippen LogP contribution in [-0.2, 0) is 0 Å². The Morgan fingerprint density at radius 3 is 2.74 bits per heavy atom. The van der Waals surface area contributed by atoms with Crippen molar-refractivity contribution in [1.82, 2.24) is 25.8 Å². The lowest BCUT2D eigenvalue weighted by atomic mass is 10.1. The van der Waals surface area contributed by atoms with Gasteiger partial charge in [-0.3, -0.25) is 5.10 Å². The number of carbonyl (C=O) groups is 1. The molecule has 3 N–H and O–H groups in total. The molecule has 0 radical (unpaired) electrons. The third kappa shape index (κ3) is 5.48. The molecule has 0 saturated heterocycles. The molecule has 0 bridgehead atoms. The highest BCUT2D eigenvalue weighted by atomic mass is 32.2. The van der Waals surface area contributed by atoms with Crippen molar-refractivity contribution < 1.29 is 9.53 Å². The molecule has 0 unspecified atom stereocenters. The van der Waals surface area contributed by atoms with Crippen molar-refractivity contribution in [3.63, 3.8) is 0 Å². The molecular formula is C15H21N5O2S. The summed E-state index contributed by atoms with van der Waals surface area (Å²) in [6.45, 7) is 4.33. The highest BCUT2D eigenvalue weighted by molar-refractivity contribution is 7.99. The zero-order chi connectivity index (χ0) is 16.7. The molecule has 8 heteroatoms. The standard InChI is InChI=1S/C15H21N5O2S/c1-10(12-4-6-13(22-3)7-5-12)17-14(21)16-8-9-23-15-18-11(2)19-20-15/h4-7,10H,8-9H2,1-3H3,(H2,16,17,21)(H,18,19,20)/t10-/m1/s1. The smallest absolute Gasteiger partial charge is 0.315 e. The molecule has 7 nitrogen and oxygen atoms in total. The summed E-state index contributed by atoms with van der Waals surface area (Å²) in [4.78, 5) is 16.1. The van der Waals surface area contributed by atoms with Gasteiger partial charge >= 0.3 is 6.03 Å². The number of amides is 2. The van der Waals surface area contributed by atoms with Crippen molar-refractivity contribution >= 4 is 17.8 Å². The van der Waals surface area contributed by atoms with Crippen LogP contribution in [0.5, 0.6) is 5.75 Å². The second-order valence-electron chi connectivity index (χ2n) is 4.95. The first-order valence-electron chi connectivity index (χ1n) is 7.28. The maximum atomic E-state index is 11.9. The molecule has 0 spiro atoms. The number of ether oxygens (including phenoxy) is 1. The summed E-state index contributed by atoms with van der Waals surface area (Å²) in [5.41, 5.74) is 1.02. The van der Waals surface area contributed by atoms with E-state index in [0.717, 1.165) is 17.1 Å². The van der Waals surface area contributed by atoms with Gasteiger partial charge in [0.25, 0.3) is 0 Å². The number of nitrogens with zero attached hydrogens (tertiary/aromatic N) is 2. The van der Waals surface area contributed by atoms with Gasteiger partial charge in [0.15, 0.2) is 0 Å². The topological polar surface area (TPSA) is 91.9 Å². The SMILES string of the molecule is COc1ccc([C@@H](C)NC(=O)NCCSc2n[nH]c(C)n2)cc1. The van der Waals surface area contributed by atoms with Gasteiger partial charge < -0.3 is 15.4 Å². The largest absolute Gasteiger partial charge is 0.497 e. The molecular weight excluding hydrogens is 314 g/mol. The lowest BCUT2D eigenvalue weighted by Crippen LogP contribution is -2.38. The van der Waals surface area contributed by atoms with Crippen LogP contribution in [0.15, 0.2) is 29.4 Å². The molecule has 1 heterocycles. The first-order chi connectivity index (χ1) is 11.1. The summed E-state index contributed by atoms with van der Waals surface area (Å²) in [5, 5.41) is 13.2. The summed E-state index contributed by atoms with van der Waals surface area (Å²) in [5.74, 6) is 2.29. The Bertz CT molecular complexity index is 629. The molecule has 0 aliphatic heterocycles. The van der Waals surface area contributed by atoms with Gasteiger partial charge in [-0.1, -0.05) is 23.9 Å². The number of hydrogen-bond donors (Lipinski definition) is 3. The average Bonchev–Trinajstić information content (AvgIpc) is 2.97. The number of thioether (sulfide) groups is 1. The Balaban J connectivity index is 1.69. The molecule has 0 saturated carbocycles. The van der Waals surface area contributed by atoms with Gasteiger partial charge in [-0.05, 0) is 31.5 Å². The van der Waals surface area contributed by atoms with Crippen molar-refractivity contribution in [1.29, 1.82) is 0 Å². The molecule has 2 amide bonds. The quantitative estimate of drug-likeness (QED) is 0.533. The molecule has 2 rings (SSSR count). The zero-order valence-electron chi connectivity index (χ0n) is 13.4. The predicted octanol–water partition coefficient (Wildman–Crippen LogP) is 2.27. The Morgan fingerprint density at radius 2 is 2.13 bits per heavy atom. The maximum Gasteiger partial charge on any atom is 0.315 e. The fourth-order valence-corrected chi connectivity index (χ4v) is 2.62. The maximum absolute atomic E-state index is 11.9. The summed E-state index contributed by atoms with van der Waals surface area (Å²) < 4.78 is 5.12. The summed E-state index contributed by atoms with van der Waals surface area (Å²) in [7, 11) is 1.63. The van der Waals surface area contributed by atoms with Gasteiger partial charge in [-0.2, -0.15) is 0 Å². The van der Waals surface area contributed by atoms with Crippen molar-refractivity contribution in [2.24, 2.45) is 0 Å². The minimum Gasteiger partial charge on any atom is -0.497 e. The number of methoxy groups -OCH3 is 1. The Kier molecular flexibility index (Phi) is 6.28. The number of rotatable bonds is 7. The molecule has 0 aliphatic carbocycles. The molecule has 0 aliphatic rings. The fraction of sp³-hybridized carbons (Fsp3) is 0.400. The Labute approximate surface area is 139 Å². The van der Waals surface area contributed by atoms with E-state index < -0.39 is 0 Å². The van der Waals surface area contributed by atoms with E-state index in [0.29, 0.717) is 17.5 Å². The number of aromatic nitrogens is 3. The fourth-order valence-electron chi connectivity index (χ4n) is 1.92. The lowest BCUT2D eigenvalue weighted by molar-refractivity contribution is 0.238. The highest BCUT2D eigenvalue weighted by Crippen LogP contribution is 2.17. The van der Waals surface area contributed by atoms with E-state index in [-0.39, 0.29) is 12.1 Å². The molecule has 124 valence electrons. The van der Waals surface area contributed by atoms with E-state index in [9.17, 15) is 4.79 Å². The first-order valence-corrected chi connectivity index (χ1v) is 8.27. The number of benzene rings is 1. The minimum atomic E-state index is -0.194. The second kappa shape index (κ2) is 8.42. The third-order valence-electron chi connectivity index (χ3n) is 3.16. The molecule has 1 atom stereocenters. The van der Waals surface area contributed by atoms with E-state index in [4.69, 9.17) is 4.74 Å². The normalized spacial score (nSPS) is 11.8. The molecule has 23 heavy (non-hydrogen) atoms. The monoisotopic (exact) mass is 335 g/mol. The highest BCUT2D eigenvalue weighted by Gasteiger charge is 2.09. The van der Waals surface area contributed by atoms with Crippen LogP contribution in [0.25, 0.3) is 0 Å². The number of aryl methyl sites for hydroxylation is 1. The van der Waals surface area contributed by atoms with Crippen LogP contribution in [-0.4, -0.2) is 40.6 Å². The van der Waals surface area contributed by atoms with Crippen LogP contribution in [0.3, 0.4) is 0 Å². The molecule has 0 fully saturated rings. The summed E-state index contributed by atoms with van der Waals surface area (Å²) >= 11 is 1.49. The van der Waals surface area contributed by atoms with Crippen molar-refractivity contribution in [3.05, 3.63) is 35.7 Å². The molecule has 2 aromatic rings. The Hall–Kier alpha value is -2.22. The number of carbonyl (C=O) groups excluding carboxylic acids is 1. The van der Waals surface area contributed by atoms with Crippen molar-refractivity contribution in [2.45, 2.75) is 25.0 Å². The van der Waals surface area contributed by atoms with Gasteiger partial charge in [0.05, 0.1) is 13.2 Å². The van der Waals surface area contributed by atoms with Crippen molar-refractivity contribution in [3.8, 4) is 5.75 Å².